The summed E-state index contributed by atoms with van der Waals surface area (Å²) in [5, 5.41) is 15.3. The molecule has 1 unspecified atom stereocenters. The van der Waals surface area contributed by atoms with Crippen molar-refractivity contribution in [3.05, 3.63) is 20.8 Å². The van der Waals surface area contributed by atoms with Gasteiger partial charge in [0, 0.05) is 27.8 Å². The minimum Gasteiger partial charge on any atom is -0.389 e. The van der Waals surface area contributed by atoms with Gasteiger partial charge in [0.25, 0.3) is 0 Å². The van der Waals surface area contributed by atoms with Gasteiger partial charge in [-0.05, 0) is 35.3 Å². The van der Waals surface area contributed by atoms with Crippen molar-refractivity contribution in [1.82, 2.24) is 5.32 Å². The summed E-state index contributed by atoms with van der Waals surface area (Å²) in [7, 11) is 0. The Morgan fingerprint density at radius 1 is 1.60 bits per heavy atom. The number of thiophene rings is 1. The summed E-state index contributed by atoms with van der Waals surface area (Å²) in [6.07, 6.45) is 1.85. The predicted molar refractivity (Wildman–Crippen MR) is 69.3 cm³/mol. The Kier molecular flexibility index (Phi) is 5.26. The molecular formula is C11H18BrNOS. The molecule has 0 aliphatic rings. The van der Waals surface area contributed by atoms with Crippen molar-refractivity contribution in [3.8, 4) is 0 Å². The first-order chi connectivity index (χ1) is 7.03. The molecule has 0 aliphatic heterocycles. The monoisotopic (exact) mass is 291 g/mol. The molecule has 0 aromatic carbocycles. The summed E-state index contributed by atoms with van der Waals surface area (Å²) in [4.78, 5) is 1.29. The molecule has 0 spiro atoms. The van der Waals surface area contributed by atoms with Crippen LogP contribution in [0.3, 0.4) is 0 Å². The standard InChI is InChI=1S/C11H18BrNOS/c1-3-4-11(2,14)8-13-6-10-5-9(12)7-15-10/h5,7,13-14H,3-4,6,8H2,1-2H3. The quantitative estimate of drug-likeness (QED) is 0.844. The minimum atomic E-state index is -0.580. The van der Waals surface area contributed by atoms with Crippen molar-refractivity contribution in [1.29, 1.82) is 0 Å². The topological polar surface area (TPSA) is 32.3 Å². The van der Waals surface area contributed by atoms with E-state index < -0.39 is 5.60 Å². The second-order valence-corrected chi connectivity index (χ2v) is 5.99. The molecule has 2 nitrogen and oxygen atoms in total. The lowest BCUT2D eigenvalue weighted by molar-refractivity contribution is 0.0498. The minimum absolute atomic E-state index is 0.580. The molecular weight excluding hydrogens is 274 g/mol. The molecule has 1 aromatic heterocycles. The Hall–Kier alpha value is 0.1000. The highest BCUT2D eigenvalue weighted by Crippen LogP contribution is 2.19. The molecule has 1 aromatic rings. The average Bonchev–Trinajstić information content (AvgIpc) is 2.51. The third kappa shape index (κ3) is 5.11. The van der Waals surface area contributed by atoms with Crippen molar-refractivity contribution >= 4 is 27.3 Å². The number of rotatable bonds is 6. The summed E-state index contributed by atoms with van der Waals surface area (Å²) in [6.45, 7) is 5.45. The Balaban J connectivity index is 2.27. The van der Waals surface area contributed by atoms with E-state index in [1.54, 1.807) is 11.3 Å². The van der Waals surface area contributed by atoms with Crippen LogP contribution in [-0.4, -0.2) is 17.3 Å². The van der Waals surface area contributed by atoms with Gasteiger partial charge in [0.05, 0.1) is 5.60 Å². The van der Waals surface area contributed by atoms with Gasteiger partial charge >= 0.3 is 0 Å². The number of hydrogen-bond donors (Lipinski definition) is 2. The Labute approximate surface area is 104 Å². The van der Waals surface area contributed by atoms with Crippen LogP contribution in [0.1, 0.15) is 31.6 Å². The van der Waals surface area contributed by atoms with Crippen LogP contribution in [-0.2, 0) is 6.54 Å². The fraction of sp³-hybridized carbons (Fsp3) is 0.636. The number of halogens is 1. The van der Waals surface area contributed by atoms with Crippen molar-refractivity contribution in [2.75, 3.05) is 6.54 Å². The molecule has 1 atom stereocenters. The van der Waals surface area contributed by atoms with Gasteiger partial charge in [-0.2, -0.15) is 0 Å². The maximum atomic E-state index is 9.93. The second kappa shape index (κ2) is 5.99. The lowest BCUT2D eigenvalue weighted by Gasteiger charge is -2.22. The zero-order chi connectivity index (χ0) is 11.3. The first-order valence-corrected chi connectivity index (χ1v) is 6.87. The highest BCUT2D eigenvalue weighted by atomic mass is 79.9. The SMILES string of the molecule is CCCC(C)(O)CNCc1cc(Br)cs1. The summed E-state index contributed by atoms with van der Waals surface area (Å²) in [6, 6.07) is 2.10. The number of nitrogens with one attached hydrogen (secondary N) is 1. The zero-order valence-electron chi connectivity index (χ0n) is 9.22. The largest absolute Gasteiger partial charge is 0.389 e. The van der Waals surface area contributed by atoms with Gasteiger partial charge in [-0.25, -0.2) is 0 Å². The van der Waals surface area contributed by atoms with Crippen LogP contribution in [0.25, 0.3) is 0 Å². The van der Waals surface area contributed by atoms with Crippen LogP contribution in [0, 0.1) is 0 Å². The third-order valence-electron chi connectivity index (χ3n) is 2.22. The van der Waals surface area contributed by atoms with Crippen molar-refractivity contribution in [2.24, 2.45) is 0 Å². The van der Waals surface area contributed by atoms with Gasteiger partial charge in [-0.1, -0.05) is 13.3 Å². The van der Waals surface area contributed by atoms with E-state index in [9.17, 15) is 5.11 Å². The van der Waals surface area contributed by atoms with E-state index in [-0.39, 0.29) is 0 Å². The van der Waals surface area contributed by atoms with Gasteiger partial charge in [0.1, 0.15) is 0 Å². The van der Waals surface area contributed by atoms with E-state index in [0.717, 1.165) is 23.9 Å². The highest BCUT2D eigenvalue weighted by Gasteiger charge is 2.17. The lowest BCUT2D eigenvalue weighted by Crippen LogP contribution is -2.37. The Morgan fingerprint density at radius 2 is 2.33 bits per heavy atom. The van der Waals surface area contributed by atoms with E-state index in [2.05, 4.69) is 39.6 Å². The van der Waals surface area contributed by atoms with E-state index in [0.29, 0.717) is 6.54 Å². The van der Waals surface area contributed by atoms with Crippen molar-refractivity contribution < 1.29 is 5.11 Å². The number of hydrogen-bond acceptors (Lipinski definition) is 3. The van der Waals surface area contributed by atoms with Crippen LogP contribution in [0.2, 0.25) is 0 Å². The average molecular weight is 292 g/mol. The zero-order valence-corrected chi connectivity index (χ0v) is 11.6. The van der Waals surface area contributed by atoms with E-state index in [4.69, 9.17) is 0 Å². The van der Waals surface area contributed by atoms with Crippen molar-refractivity contribution in [2.45, 2.75) is 38.8 Å². The molecule has 86 valence electrons. The third-order valence-corrected chi connectivity index (χ3v) is 3.91. The summed E-state index contributed by atoms with van der Waals surface area (Å²) >= 11 is 5.14. The molecule has 0 saturated carbocycles. The van der Waals surface area contributed by atoms with Gasteiger partial charge in [0.15, 0.2) is 0 Å². The smallest absolute Gasteiger partial charge is 0.0743 e. The van der Waals surface area contributed by atoms with E-state index >= 15 is 0 Å². The normalized spacial score (nSPS) is 15.2. The predicted octanol–water partition coefficient (Wildman–Crippen LogP) is 3.15. The van der Waals surface area contributed by atoms with Crippen LogP contribution in [0.4, 0.5) is 0 Å². The van der Waals surface area contributed by atoms with Gasteiger partial charge in [-0.15, -0.1) is 11.3 Å². The Bertz CT molecular complexity index is 299. The molecule has 4 heteroatoms. The maximum absolute atomic E-state index is 9.93. The molecule has 0 saturated heterocycles. The lowest BCUT2D eigenvalue weighted by atomic mass is 10.0. The maximum Gasteiger partial charge on any atom is 0.0743 e. The molecule has 1 rings (SSSR count). The first kappa shape index (κ1) is 13.2. The van der Waals surface area contributed by atoms with Crippen molar-refractivity contribution in [3.63, 3.8) is 0 Å². The molecule has 15 heavy (non-hydrogen) atoms. The van der Waals surface area contributed by atoms with Crippen LogP contribution < -0.4 is 5.32 Å². The molecule has 0 aliphatic carbocycles. The fourth-order valence-corrected chi connectivity index (χ4v) is 2.95. The molecule has 1 heterocycles. The highest BCUT2D eigenvalue weighted by molar-refractivity contribution is 9.10. The molecule has 0 amide bonds. The fourth-order valence-electron chi connectivity index (χ4n) is 1.53. The summed E-state index contributed by atoms with van der Waals surface area (Å²) in [5.74, 6) is 0. The summed E-state index contributed by atoms with van der Waals surface area (Å²) < 4.78 is 1.13. The molecule has 2 N–H and O–H groups in total. The van der Waals surface area contributed by atoms with Crippen LogP contribution in [0.5, 0.6) is 0 Å². The van der Waals surface area contributed by atoms with Crippen LogP contribution >= 0.6 is 27.3 Å². The van der Waals surface area contributed by atoms with E-state index in [1.807, 2.05) is 6.92 Å². The van der Waals surface area contributed by atoms with E-state index in [1.165, 1.54) is 4.88 Å². The molecule has 0 radical (unpaired) electrons. The summed E-state index contributed by atoms with van der Waals surface area (Å²) in [5.41, 5.74) is -0.580. The van der Waals surface area contributed by atoms with Gasteiger partial charge in [0.2, 0.25) is 0 Å². The van der Waals surface area contributed by atoms with Gasteiger partial charge < -0.3 is 10.4 Å². The van der Waals surface area contributed by atoms with Crippen LogP contribution in [0.15, 0.2) is 15.9 Å². The second-order valence-electron chi connectivity index (χ2n) is 4.08. The Morgan fingerprint density at radius 3 is 2.87 bits per heavy atom. The first-order valence-electron chi connectivity index (χ1n) is 5.19. The molecule has 0 bridgehead atoms. The van der Waals surface area contributed by atoms with Gasteiger partial charge in [-0.3, -0.25) is 0 Å². The molecule has 0 fully saturated rings. The number of aliphatic hydroxyl groups is 1.